The number of carbonyl (C=O) groups excluding carboxylic acids is 1. The Bertz CT molecular complexity index is 299. The van der Waals surface area contributed by atoms with Crippen molar-refractivity contribution in [1.82, 2.24) is 0 Å². The number of hydrogen-bond acceptors (Lipinski definition) is 3. The van der Waals surface area contributed by atoms with Crippen molar-refractivity contribution in [3.05, 3.63) is 12.2 Å². The topological polar surface area (TPSA) is 35.5 Å². The first-order chi connectivity index (χ1) is 8.38. The van der Waals surface area contributed by atoms with E-state index in [9.17, 15) is 18.0 Å². The summed E-state index contributed by atoms with van der Waals surface area (Å²) in [6.07, 6.45) is 1.18. The van der Waals surface area contributed by atoms with Crippen LogP contribution in [0.5, 0.6) is 0 Å². The van der Waals surface area contributed by atoms with Gasteiger partial charge in [0, 0.05) is 0 Å². The van der Waals surface area contributed by atoms with E-state index in [1.807, 2.05) is 6.08 Å². The largest absolute Gasteiger partial charge is 0.463 e. The van der Waals surface area contributed by atoms with Crippen LogP contribution in [0.2, 0.25) is 0 Å². The van der Waals surface area contributed by atoms with Crippen LogP contribution in [0.3, 0.4) is 0 Å². The predicted molar refractivity (Wildman–Crippen MR) is 58.9 cm³/mol. The van der Waals surface area contributed by atoms with Crippen molar-refractivity contribution in [3.63, 3.8) is 0 Å². The van der Waals surface area contributed by atoms with Crippen LogP contribution in [0.4, 0.5) is 13.2 Å². The first-order valence-electron chi connectivity index (χ1n) is 5.88. The highest BCUT2D eigenvalue weighted by molar-refractivity contribution is 5.74. The lowest BCUT2D eigenvalue weighted by Gasteiger charge is -2.19. The van der Waals surface area contributed by atoms with E-state index in [-0.39, 0.29) is 12.5 Å². The molecule has 0 radical (unpaired) electrons. The van der Waals surface area contributed by atoms with E-state index in [1.165, 1.54) is 6.92 Å². The minimum absolute atomic E-state index is 0.239. The summed E-state index contributed by atoms with van der Waals surface area (Å²) in [4.78, 5) is 11.4. The Morgan fingerprint density at radius 1 is 1.44 bits per heavy atom. The first-order valence-corrected chi connectivity index (χ1v) is 5.88. The maximum Gasteiger partial charge on any atom is 0.411 e. The van der Waals surface area contributed by atoms with Crippen LogP contribution in [0.25, 0.3) is 0 Å². The summed E-state index contributed by atoms with van der Waals surface area (Å²) in [5, 5.41) is 0. The Hall–Kier alpha value is -1.04. The Balaban J connectivity index is 2.21. The van der Waals surface area contributed by atoms with Crippen LogP contribution < -0.4 is 0 Å². The Morgan fingerprint density at radius 3 is 2.72 bits per heavy atom. The van der Waals surface area contributed by atoms with Crippen molar-refractivity contribution in [1.29, 1.82) is 0 Å². The van der Waals surface area contributed by atoms with Gasteiger partial charge in [-0.15, -0.1) is 0 Å². The monoisotopic (exact) mass is 266 g/mol. The van der Waals surface area contributed by atoms with Crippen LogP contribution in [0.15, 0.2) is 12.2 Å². The number of hydrogen-bond donors (Lipinski definition) is 0. The molecule has 18 heavy (non-hydrogen) atoms. The first kappa shape index (κ1) is 15.0. The van der Waals surface area contributed by atoms with E-state index >= 15 is 0 Å². The zero-order chi connectivity index (χ0) is 13.6. The number of alkyl halides is 3. The van der Waals surface area contributed by atoms with E-state index in [2.05, 4.69) is 10.8 Å². The average molecular weight is 266 g/mol. The number of carbonyl (C=O) groups is 1. The second-order valence-electron chi connectivity index (χ2n) is 4.35. The van der Waals surface area contributed by atoms with Crippen LogP contribution >= 0.6 is 0 Å². The Kier molecular flexibility index (Phi) is 5.65. The average Bonchev–Trinajstić information content (AvgIpc) is 2.33. The van der Waals surface area contributed by atoms with Crippen molar-refractivity contribution in [3.8, 4) is 0 Å². The second-order valence-corrected chi connectivity index (χ2v) is 4.35. The van der Waals surface area contributed by atoms with E-state index < -0.39 is 24.9 Å². The normalized spacial score (nSPS) is 21.7. The molecule has 0 saturated carbocycles. The number of halogens is 3. The van der Waals surface area contributed by atoms with Gasteiger partial charge >= 0.3 is 12.1 Å². The van der Waals surface area contributed by atoms with Gasteiger partial charge < -0.3 is 9.47 Å². The number of esters is 1. The molecule has 0 heterocycles. The molecule has 1 aliphatic carbocycles. The molecule has 1 aliphatic rings. The summed E-state index contributed by atoms with van der Waals surface area (Å²) in [6.45, 7) is 0.0627. The third-order valence-electron chi connectivity index (χ3n) is 2.67. The lowest BCUT2D eigenvalue weighted by Crippen LogP contribution is -2.29. The number of rotatable bonds is 5. The van der Waals surface area contributed by atoms with E-state index in [0.717, 1.165) is 19.3 Å². The number of ether oxygens (including phenoxy) is 2. The molecule has 0 spiro atoms. The van der Waals surface area contributed by atoms with Gasteiger partial charge in [0.25, 0.3) is 0 Å². The fourth-order valence-electron chi connectivity index (χ4n) is 1.61. The molecule has 0 fully saturated rings. The van der Waals surface area contributed by atoms with Crippen LogP contribution in [-0.2, 0) is 14.3 Å². The molecule has 0 aromatic heterocycles. The molecule has 0 aliphatic heterocycles. The van der Waals surface area contributed by atoms with Crippen LogP contribution in [0.1, 0.15) is 26.2 Å². The maximum absolute atomic E-state index is 11.9. The van der Waals surface area contributed by atoms with Gasteiger partial charge in [-0.25, -0.2) is 4.79 Å². The highest BCUT2D eigenvalue weighted by Gasteiger charge is 2.30. The van der Waals surface area contributed by atoms with Gasteiger partial charge in [-0.05, 0) is 32.1 Å². The molecule has 104 valence electrons. The standard InChI is InChI=1S/C12H17F3O3/c1-9(18-8-12(13,14)15)11(16)17-7-10-5-3-2-4-6-10/h2-3,9-10H,4-8H2,1H3. The van der Waals surface area contributed by atoms with Gasteiger partial charge in [-0.1, -0.05) is 12.2 Å². The van der Waals surface area contributed by atoms with Crippen molar-refractivity contribution in [2.45, 2.75) is 38.5 Å². The molecule has 0 amide bonds. The van der Waals surface area contributed by atoms with Crippen molar-refractivity contribution in [2.75, 3.05) is 13.2 Å². The van der Waals surface area contributed by atoms with Gasteiger partial charge in [0.05, 0.1) is 6.61 Å². The summed E-state index contributed by atoms with van der Waals surface area (Å²) >= 11 is 0. The lowest BCUT2D eigenvalue weighted by atomic mass is 9.95. The quantitative estimate of drug-likeness (QED) is 0.567. The molecule has 2 unspecified atom stereocenters. The van der Waals surface area contributed by atoms with Gasteiger partial charge in [-0.2, -0.15) is 13.2 Å². The molecule has 6 heteroatoms. The molecule has 0 N–H and O–H groups in total. The number of allylic oxidation sites excluding steroid dienone is 2. The van der Waals surface area contributed by atoms with Gasteiger partial charge in [-0.3, -0.25) is 0 Å². The minimum atomic E-state index is -4.43. The molecule has 0 aromatic rings. The SMILES string of the molecule is CC(OCC(F)(F)F)C(=O)OCC1CC=CCC1. The van der Waals surface area contributed by atoms with Crippen molar-refractivity contribution in [2.24, 2.45) is 5.92 Å². The summed E-state index contributed by atoms with van der Waals surface area (Å²) in [6, 6.07) is 0. The smallest absolute Gasteiger partial charge is 0.411 e. The summed E-state index contributed by atoms with van der Waals surface area (Å²) in [5.74, 6) is -0.484. The van der Waals surface area contributed by atoms with Crippen LogP contribution in [-0.4, -0.2) is 31.5 Å². The summed E-state index contributed by atoms with van der Waals surface area (Å²) in [5.41, 5.74) is 0. The van der Waals surface area contributed by atoms with E-state index in [1.54, 1.807) is 0 Å². The minimum Gasteiger partial charge on any atom is -0.463 e. The summed E-state index contributed by atoms with van der Waals surface area (Å²) in [7, 11) is 0. The molecule has 1 rings (SSSR count). The Morgan fingerprint density at radius 2 is 2.17 bits per heavy atom. The fraction of sp³-hybridized carbons (Fsp3) is 0.750. The molecular formula is C12H17F3O3. The van der Waals surface area contributed by atoms with E-state index in [0.29, 0.717) is 0 Å². The second kappa shape index (κ2) is 6.78. The highest BCUT2D eigenvalue weighted by Crippen LogP contribution is 2.19. The summed E-state index contributed by atoms with van der Waals surface area (Å²) < 4.78 is 45.0. The van der Waals surface area contributed by atoms with Crippen molar-refractivity contribution >= 4 is 5.97 Å². The zero-order valence-electron chi connectivity index (χ0n) is 10.2. The lowest BCUT2D eigenvalue weighted by molar-refractivity contribution is -0.193. The third-order valence-corrected chi connectivity index (χ3v) is 2.67. The molecular weight excluding hydrogens is 249 g/mol. The van der Waals surface area contributed by atoms with E-state index in [4.69, 9.17) is 4.74 Å². The maximum atomic E-state index is 11.9. The Labute approximate surface area is 104 Å². The molecule has 2 atom stereocenters. The van der Waals surface area contributed by atoms with Gasteiger partial charge in [0.1, 0.15) is 6.61 Å². The highest BCUT2D eigenvalue weighted by atomic mass is 19.4. The van der Waals surface area contributed by atoms with Gasteiger partial charge in [0.15, 0.2) is 6.10 Å². The molecule has 0 saturated heterocycles. The fourth-order valence-corrected chi connectivity index (χ4v) is 1.61. The van der Waals surface area contributed by atoms with Crippen molar-refractivity contribution < 1.29 is 27.4 Å². The zero-order valence-corrected chi connectivity index (χ0v) is 10.2. The molecule has 0 aromatic carbocycles. The molecule has 3 nitrogen and oxygen atoms in total. The third kappa shape index (κ3) is 6.05. The van der Waals surface area contributed by atoms with Gasteiger partial charge in [0.2, 0.25) is 0 Å². The molecule has 0 bridgehead atoms. The predicted octanol–water partition coefficient (Wildman–Crippen LogP) is 2.85. The van der Waals surface area contributed by atoms with Crippen LogP contribution in [0, 0.1) is 5.92 Å².